The first-order valence-corrected chi connectivity index (χ1v) is 12.2. The van der Waals surface area contributed by atoms with Crippen molar-refractivity contribution in [3.05, 3.63) is 28.8 Å². The van der Waals surface area contributed by atoms with E-state index in [-0.39, 0.29) is 27.7 Å². The number of urea groups is 1. The number of Topliss-reactive ketones (excluding diaryl/α,β-unsaturated/α-hetero) is 1. The summed E-state index contributed by atoms with van der Waals surface area (Å²) in [6, 6.07) is 3.35. The lowest BCUT2D eigenvalue weighted by atomic mass is 10.0. The number of hydrogen-bond acceptors (Lipinski definition) is 4. The van der Waals surface area contributed by atoms with Gasteiger partial charge in [0.1, 0.15) is 0 Å². The van der Waals surface area contributed by atoms with E-state index in [2.05, 4.69) is 12.2 Å². The summed E-state index contributed by atoms with van der Waals surface area (Å²) in [4.78, 5) is 24.6. The fourth-order valence-electron chi connectivity index (χ4n) is 2.92. The average Bonchev–Trinajstić information content (AvgIpc) is 2.70. The van der Waals surface area contributed by atoms with Gasteiger partial charge in [-0.2, -0.15) is 0 Å². The van der Waals surface area contributed by atoms with Gasteiger partial charge in [-0.3, -0.25) is 4.79 Å². The second-order valence-electron chi connectivity index (χ2n) is 7.14. The smallest absolute Gasteiger partial charge is 0.331 e. The predicted molar refractivity (Wildman–Crippen MR) is 117 cm³/mol. The fourth-order valence-corrected chi connectivity index (χ4v) is 4.36. The zero-order valence-corrected chi connectivity index (χ0v) is 19.2. The number of ketones is 1. The number of sulfonamides is 1. The van der Waals surface area contributed by atoms with E-state index in [1.807, 2.05) is 6.92 Å². The molecular weight excluding hydrogens is 412 g/mol. The molecule has 0 heterocycles. The molecule has 0 saturated carbocycles. The molecule has 0 aromatic heterocycles. The predicted octanol–water partition coefficient (Wildman–Crippen LogP) is 5.40. The third-order valence-electron chi connectivity index (χ3n) is 4.70. The number of halogens is 1. The zero-order valence-electron chi connectivity index (χ0n) is 17.7. The summed E-state index contributed by atoms with van der Waals surface area (Å²) in [5, 5.41) is 2.81. The van der Waals surface area contributed by atoms with Crippen molar-refractivity contribution in [1.29, 1.82) is 0 Å². The Kier molecular flexibility index (Phi) is 11.3. The van der Waals surface area contributed by atoms with Crippen LogP contribution in [0.25, 0.3) is 0 Å². The normalized spacial score (nSPS) is 11.3. The molecule has 1 N–H and O–H groups in total. The number of carbonyl (C=O) groups is 2. The molecule has 8 heteroatoms. The van der Waals surface area contributed by atoms with Crippen LogP contribution in [0, 0.1) is 0 Å². The van der Waals surface area contributed by atoms with E-state index >= 15 is 0 Å². The molecule has 6 nitrogen and oxygen atoms in total. The van der Waals surface area contributed by atoms with Crippen molar-refractivity contribution < 1.29 is 18.0 Å². The first kappa shape index (κ1) is 25.4. The topological polar surface area (TPSA) is 83.6 Å². The third-order valence-corrected chi connectivity index (χ3v) is 6.73. The minimum Gasteiger partial charge on any atom is -0.337 e. The van der Waals surface area contributed by atoms with Crippen LogP contribution in [0.3, 0.4) is 0 Å². The molecular formula is C21H33ClN2O4S. The lowest BCUT2D eigenvalue weighted by molar-refractivity contribution is 0.0975. The first-order chi connectivity index (χ1) is 13.8. The highest BCUT2D eigenvalue weighted by Crippen LogP contribution is 2.25. The van der Waals surface area contributed by atoms with Gasteiger partial charge in [-0.1, -0.05) is 64.0 Å². The molecule has 0 spiro atoms. The van der Waals surface area contributed by atoms with Crippen LogP contribution in [-0.4, -0.2) is 38.1 Å². The Balaban J connectivity index is 2.88. The Labute approximate surface area is 180 Å². The highest BCUT2D eigenvalue weighted by molar-refractivity contribution is 7.89. The standard InChI is InChI=1S/C21H33ClN2O4S/c1-4-6-7-8-9-10-11-12-19(25)18-16-17(22)13-14-20(18)29(27,28)24(3)21(26)23-15-5-2/h13-14,16H,4-12,15H2,1-3H3,(H,23,26). The minimum atomic E-state index is -4.16. The summed E-state index contributed by atoms with van der Waals surface area (Å²) in [5.74, 6) is -0.276. The molecule has 29 heavy (non-hydrogen) atoms. The van der Waals surface area contributed by atoms with Gasteiger partial charge >= 0.3 is 6.03 Å². The molecule has 2 amide bonds. The second-order valence-corrected chi connectivity index (χ2v) is 9.51. The molecule has 0 aliphatic carbocycles. The molecule has 0 bridgehead atoms. The van der Waals surface area contributed by atoms with Crippen molar-refractivity contribution in [1.82, 2.24) is 9.62 Å². The van der Waals surface area contributed by atoms with E-state index in [9.17, 15) is 18.0 Å². The van der Waals surface area contributed by atoms with Crippen LogP contribution < -0.4 is 5.32 Å². The van der Waals surface area contributed by atoms with E-state index in [0.717, 1.165) is 19.3 Å². The van der Waals surface area contributed by atoms with Crippen molar-refractivity contribution in [2.24, 2.45) is 0 Å². The Morgan fingerprint density at radius 2 is 1.62 bits per heavy atom. The minimum absolute atomic E-state index is 0.0404. The SMILES string of the molecule is CCCCCCCCCC(=O)c1cc(Cl)ccc1S(=O)(=O)N(C)C(=O)NCCC. The van der Waals surface area contributed by atoms with Crippen LogP contribution in [-0.2, 0) is 10.0 Å². The third kappa shape index (κ3) is 7.97. The summed E-state index contributed by atoms with van der Waals surface area (Å²) in [5.41, 5.74) is 0.0404. The number of benzene rings is 1. The maximum absolute atomic E-state index is 12.9. The van der Waals surface area contributed by atoms with Gasteiger partial charge in [-0.15, -0.1) is 0 Å². The first-order valence-electron chi connectivity index (χ1n) is 10.3. The second kappa shape index (κ2) is 12.9. The van der Waals surface area contributed by atoms with Gasteiger partial charge in [0.2, 0.25) is 0 Å². The van der Waals surface area contributed by atoms with Crippen LogP contribution in [0.4, 0.5) is 4.79 Å². The summed E-state index contributed by atoms with van der Waals surface area (Å²) >= 11 is 6.01. The summed E-state index contributed by atoms with van der Waals surface area (Å²) in [7, 11) is -2.98. The number of nitrogens with zero attached hydrogens (tertiary/aromatic N) is 1. The number of nitrogens with one attached hydrogen (secondary N) is 1. The molecule has 0 atom stereocenters. The average molecular weight is 445 g/mol. The van der Waals surface area contributed by atoms with E-state index in [1.165, 1.54) is 44.5 Å². The van der Waals surface area contributed by atoms with Crippen molar-refractivity contribution in [3.8, 4) is 0 Å². The quantitative estimate of drug-likeness (QED) is 0.326. The van der Waals surface area contributed by atoms with Crippen LogP contribution in [0.15, 0.2) is 23.1 Å². The van der Waals surface area contributed by atoms with Gasteiger partial charge in [0.15, 0.2) is 5.78 Å². The molecule has 1 aromatic carbocycles. The number of rotatable bonds is 13. The molecule has 0 radical (unpaired) electrons. The van der Waals surface area contributed by atoms with Crippen molar-refractivity contribution in [2.45, 2.75) is 76.5 Å². The molecule has 1 rings (SSSR count). The number of unbranched alkanes of at least 4 members (excludes halogenated alkanes) is 6. The van der Waals surface area contributed by atoms with E-state index in [0.29, 0.717) is 23.7 Å². The molecule has 0 aliphatic heterocycles. The number of carbonyl (C=O) groups excluding carboxylic acids is 2. The maximum atomic E-state index is 12.9. The van der Waals surface area contributed by atoms with Crippen LogP contribution in [0.1, 0.15) is 82.0 Å². The lowest BCUT2D eigenvalue weighted by Crippen LogP contribution is -2.41. The summed E-state index contributed by atoms with van der Waals surface area (Å²) in [6.07, 6.45) is 8.39. The van der Waals surface area contributed by atoms with Crippen LogP contribution >= 0.6 is 11.6 Å². The lowest BCUT2D eigenvalue weighted by Gasteiger charge is -2.20. The fraction of sp³-hybridized carbons (Fsp3) is 0.619. The Hall–Kier alpha value is -1.60. The van der Waals surface area contributed by atoms with E-state index in [1.54, 1.807) is 0 Å². The molecule has 0 fully saturated rings. The van der Waals surface area contributed by atoms with Gasteiger partial charge in [0.25, 0.3) is 10.0 Å². The molecule has 1 aromatic rings. The number of amides is 2. The van der Waals surface area contributed by atoms with Crippen LogP contribution in [0.2, 0.25) is 5.02 Å². The number of hydrogen-bond donors (Lipinski definition) is 1. The molecule has 0 aliphatic rings. The van der Waals surface area contributed by atoms with Crippen molar-refractivity contribution in [2.75, 3.05) is 13.6 Å². The summed E-state index contributed by atoms with van der Waals surface area (Å²) < 4.78 is 26.5. The van der Waals surface area contributed by atoms with Gasteiger partial charge in [0, 0.05) is 30.6 Å². The van der Waals surface area contributed by atoms with E-state index < -0.39 is 16.1 Å². The highest BCUT2D eigenvalue weighted by Gasteiger charge is 2.29. The Bertz CT molecular complexity index is 781. The Morgan fingerprint density at radius 1 is 1.00 bits per heavy atom. The van der Waals surface area contributed by atoms with Crippen molar-refractivity contribution in [3.63, 3.8) is 0 Å². The van der Waals surface area contributed by atoms with Gasteiger partial charge < -0.3 is 5.32 Å². The van der Waals surface area contributed by atoms with Crippen LogP contribution in [0.5, 0.6) is 0 Å². The van der Waals surface area contributed by atoms with Gasteiger partial charge in [-0.25, -0.2) is 17.5 Å². The zero-order chi connectivity index (χ0) is 21.9. The van der Waals surface area contributed by atoms with Crippen molar-refractivity contribution >= 4 is 33.4 Å². The summed E-state index contributed by atoms with van der Waals surface area (Å²) in [6.45, 7) is 4.40. The maximum Gasteiger partial charge on any atom is 0.331 e. The van der Waals surface area contributed by atoms with Gasteiger partial charge in [0.05, 0.1) is 4.90 Å². The molecule has 0 unspecified atom stereocenters. The molecule has 164 valence electrons. The van der Waals surface area contributed by atoms with Gasteiger partial charge in [-0.05, 0) is 31.0 Å². The monoisotopic (exact) mass is 444 g/mol. The van der Waals surface area contributed by atoms with E-state index in [4.69, 9.17) is 11.6 Å². The highest BCUT2D eigenvalue weighted by atomic mass is 35.5. The molecule has 0 saturated heterocycles. The largest absolute Gasteiger partial charge is 0.337 e. The Morgan fingerprint density at radius 3 is 2.24 bits per heavy atom.